The van der Waals surface area contributed by atoms with E-state index in [0.29, 0.717) is 11.1 Å². The van der Waals surface area contributed by atoms with Crippen molar-refractivity contribution < 1.29 is 19.5 Å². The Morgan fingerprint density at radius 1 is 1.04 bits per heavy atom. The number of amides is 2. The number of amidine groups is 1. The molecule has 2 rings (SSSR count). The molecule has 8 heteroatoms. The molecular formula is C20H22N4O4. The first-order chi connectivity index (χ1) is 13.3. The summed E-state index contributed by atoms with van der Waals surface area (Å²) in [6.07, 6.45) is 0.157. The summed E-state index contributed by atoms with van der Waals surface area (Å²) in [5, 5.41) is 21.9. The van der Waals surface area contributed by atoms with E-state index in [2.05, 4.69) is 10.6 Å². The van der Waals surface area contributed by atoms with E-state index in [1.54, 1.807) is 54.6 Å². The van der Waals surface area contributed by atoms with Crippen LogP contribution < -0.4 is 16.4 Å². The van der Waals surface area contributed by atoms with Crippen LogP contribution in [0.4, 0.5) is 0 Å². The fourth-order valence-corrected chi connectivity index (χ4v) is 2.69. The van der Waals surface area contributed by atoms with Crippen molar-refractivity contribution >= 4 is 23.6 Å². The van der Waals surface area contributed by atoms with Gasteiger partial charge in [0, 0.05) is 18.9 Å². The van der Waals surface area contributed by atoms with E-state index in [-0.39, 0.29) is 12.3 Å². The van der Waals surface area contributed by atoms with Gasteiger partial charge in [-0.25, -0.2) is 4.79 Å². The molecule has 2 aromatic carbocycles. The quantitative estimate of drug-likeness (QED) is 0.341. The number of carbonyl (C=O) groups is 3. The number of aliphatic carboxylic acids is 1. The van der Waals surface area contributed by atoms with Crippen molar-refractivity contribution in [3.63, 3.8) is 0 Å². The number of hydrogen-bond donors (Lipinski definition) is 5. The second-order valence-electron chi connectivity index (χ2n) is 6.26. The minimum absolute atomic E-state index is 0.0742. The van der Waals surface area contributed by atoms with Gasteiger partial charge in [0.1, 0.15) is 11.9 Å². The van der Waals surface area contributed by atoms with Gasteiger partial charge in [0.05, 0.1) is 0 Å². The molecule has 0 bridgehead atoms. The van der Waals surface area contributed by atoms with Crippen LogP contribution in [0, 0.1) is 5.41 Å². The van der Waals surface area contributed by atoms with E-state index in [0.717, 1.165) is 5.56 Å². The molecule has 0 aromatic heterocycles. The normalized spacial score (nSPS) is 12.5. The van der Waals surface area contributed by atoms with Crippen molar-refractivity contribution in [2.75, 3.05) is 0 Å². The molecule has 0 aliphatic rings. The summed E-state index contributed by atoms with van der Waals surface area (Å²) >= 11 is 0. The van der Waals surface area contributed by atoms with Gasteiger partial charge in [-0.05, 0) is 11.1 Å². The minimum Gasteiger partial charge on any atom is -0.479 e. The van der Waals surface area contributed by atoms with Gasteiger partial charge in [0.2, 0.25) is 11.8 Å². The molecule has 0 saturated carbocycles. The predicted octanol–water partition coefficient (Wildman–Crippen LogP) is 0.960. The fourth-order valence-electron chi connectivity index (χ4n) is 2.69. The first-order valence-corrected chi connectivity index (χ1v) is 8.56. The van der Waals surface area contributed by atoms with E-state index in [1.165, 1.54) is 6.92 Å². The molecule has 8 nitrogen and oxygen atoms in total. The highest BCUT2D eigenvalue weighted by Gasteiger charge is 2.27. The van der Waals surface area contributed by atoms with Crippen molar-refractivity contribution in [3.8, 4) is 0 Å². The molecule has 2 atom stereocenters. The lowest BCUT2D eigenvalue weighted by Crippen LogP contribution is -2.49. The second-order valence-corrected chi connectivity index (χ2v) is 6.26. The zero-order chi connectivity index (χ0) is 20.7. The molecule has 0 aliphatic carbocycles. The number of benzene rings is 2. The Morgan fingerprint density at radius 2 is 1.64 bits per heavy atom. The van der Waals surface area contributed by atoms with Gasteiger partial charge in [-0.2, -0.15) is 0 Å². The number of carboxylic acid groups (broad SMARTS) is 1. The highest BCUT2D eigenvalue weighted by Crippen LogP contribution is 2.14. The summed E-state index contributed by atoms with van der Waals surface area (Å²) in [6, 6.07) is 12.8. The SMILES string of the molecule is CC(=O)N[C@@H](Cc1ccc(C(=N)N)cc1)C(=O)N[C@H](C(=O)O)c1ccccc1. The Labute approximate surface area is 162 Å². The number of nitrogens with two attached hydrogens (primary N) is 1. The summed E-state index contributed by atoms with van der Waals surface area (Å²) in [4.78, 5) is 35.8. The average molecular weight is 382 g/mol. The number of hydrogen-bond acceptors (Lipinski definition) is 4. The molecule has 0 fully saturated rings. The molecule has 0 aliphatic heterocycles. The monoisotopic (exact) mass is 382 g/mol. The molecular weight excluding hydrogens is 360 g/mol. The van der Waals surface area contributed by atoms with Crippen molar-refractivity contribution in [2.24, 2.45) is 5.73 Å². The molecule has 0 saturated heterocycles. The fraction of sp³-hybridized carbons (Fsp3) is 0.200. The summed E-state index contributed by atoms with van der Waals surface area (Å²) in [5.41, 5.74) is 7.12. The lowest BCUT2D eigenvalue weighted by molar-refractivity contribution is -0.142. The van der Waals surface area contributed by atoms with Crippen molar-refractivity contribution in [3.05, 3.63) is 71.3 Å². The van der Waals surface area contributed by atoms with E-state index in [4.69, 9.17) is 11.1 Å². The first-order valence-electron chi connectivity index (χ1n) is 8.56. The highest BCUT2D eigenvalue weighted by molar-refractivity contribution is 5.95. The minimum atomic E-state index is -1.23. The van der Waals surface area contributed by atoms with Crippen molar-refractivity contribution in [1.82, 2.24) is 10.6 Å². The van der Waals surface area contributed by atoms with Gasteiger partial charge in [-0.1, -0.05) is 54.6 Å². The Hall–Kier alpha value is -3.68. The molecule has 0 radical (unpaired) electrons. The average Bonchev–Trinajstić information content (AvgIpc) is 2.66. The molecule has 28 heavy (non-hydrogen) atoms. The van der Waals surface area contributed by atoms with Crippen LogP contribution in [0.25, 0.3) is 0 Å². The van der Waals surface area contributed by atoms with Gasteiger partial charge in [-0.3, -0.25) is 15.0 Å². The van der Waals surface area contributed by atoms with Crippen LogP contribution in [0.3, 0.4) is 0 Å². The van der Waals surface area contributed by atoms with Crippen LogP contribution in [-0.4, -0.2) is 34.8 Å². The maximum Gasteiger partial charge on any atom is 0.330 e. The Balaban J connectivity index is 2.18. The standard InChI is InChI=1S/C20H22N4O4/c1-12(25)23-16(11-13-7-9-15(10-8-13)18(21)22)19(26)24-17(20(27)28)14-5-3-2-4-6-14/h2-10,16-17H,11H2,1H3,(H3,21,22)(H,23,25)(H,24,26)(H,27,28)/t16-,17-/m0/s1. The van der Waals surface area contributed by atoms with E-state index >= 15 is 0 Å². The summed E-state index contributed by atoms with van der Waals surface area (Å²) in [6.45, 7) is 1.28. The number of carbonyl (C=O) groups excluding carboxylic acids is 2. The van der Waals surface area contributed by atoms with E-state index in [1.807, 2.05) is 0 Å². The zero-order valence-electron chi connectivity index (χ0n) is 15.3. The van der Waals surface area contributed by atoms with Gasteiger partial charge < -0.3 is 21.5 Å². The summed E-state index contributed by atoms with van der Waals surface area (Å²) in [5.74, 6) is -2.30. The third kappa shape index (κ3) is 5.66. The predicted molar refractivity (Wildman–Crippen MR) is 104 cm³/mol. The maximum atomic E-state index is 12.7. The number of carboxylic acids is 1. The van der Waals surface area contributed by atoms with Crippen LogP contribution >= 0.6 is 0 Å². The number of nitrogens with one attached hydrogen (secondary N) is 3. The largest absolute Gasteiger partial charge is 0.479 e. The van der Waals surface area contributed by atoms with Crippen molar-refractivity contribution in [2.45, 2.75) is 25.4 Å². The van der Waals surface area contributed by atoms with Crippen LogP contribution in [0.5, 0.6) is 0 Å². The molecule has 2 amide bonds. The summed E-state index contributed by atoms with van der Waals surface area (Å²) in [7, 11) is 0. The Morgan fingerprint density at radius 3 is 2.14 bits per heavy atom. The third-order valence-corrected chi connectivity index (χ3v) is 4.07. The molecule has 0 spiro atoms. The number of nitrogen functional groups attached to an aromatic ring is 1. The van der Waals surface area contributed by atoms with E-state index in [9.17, 15) is 19.5 Å². The zero-order valence-corrected chi connectivity index (χ0v) is 15.3. The third-order valence-electron chi connectivity index (χ3n) is 4.07. The summed E-state index contributed by atoms with van der Waals surface area (Å²) < 4.78 is 0. The maximum absolute atomic E-state index is 12.7. The first kappa shape index (κ1) is 20.6. The Kier molecular flexibility index (Phi) is 6.86. The highest BCUT2D eigenvalue weighted by atomic mass is 16.4. The molecule has 0 unspecified atom stereocenters. The molecule has 6 N–H and O–H groups in total. The molecule has 0 heterocycles. The smallest absolute Gasteiger partial charge is 0.330 e. The lowest BCUT2D eigenvalue weighted by Gasteiger charge is -2.21. The molecule has 146 valence electrons. The van der Waals surface area contributed by atoms with Gasteiger partial charge >= 0.3 is 5.97 Å². The van der Waals surface area contributed by atoms with Gasteiger partial charge in [0.25, 0.3) is 0 Å². The second kappa shape index (κ2) is 9.31. The lowest BCUT2D eigenvalue weighted by atomic mass is 10.0. The van der Waals surface area contributed by atoms with Crippen LogP contribution in [0.1, 0.15) is 29.7 Å². The van der Waals surface area contributed by atoms with Gasteiger partial charge in [0.15, 0.2) is 6.04 Å². The van der Waals surface area contributed by atoms with E-state index < -0.39 is 29.9 Å². The topological polar surface area (TPSA) is 145 Å². The van der Waals surface area contributed by atoms with Gasteiger partial charge in [-0.15, -0.1) is 0 Å². The Bertz CT molecular complexity index is 866. The number of rotatable bonds is 8. The van der Waals surface area contributed by atoms with Crippen LogP contribution in [-0.2, 0) is 20.8 Å². The van der Waals surface area contributed by atoms with Crippen LogP contribution in [0.2, 0.25) is 0 Å². The van der Waals surface area contributed by atoms with Crippen LogP contribution in [0.15, 0.2) is 54.6 Å². The van der Waals surface area contributed by atoms with Crippen molar-refractivity contribution in [1.29, 1.82) is 5.41 Å². The molecule has 2 aromatic rings.